The number of rotatable bonds is 4. The van der Waals surface area contributed by atoms with Crippen molar-refractivity contribution in [2.24, 2.45) is 5.92 Å². The minimum atomic E-state index is -0.868. The Bertz CT molecular complexity index is 312. The second-order valence-corrected chi connectivity index (χ2v) is 5.21. The van der Waals surface area contributed by atoms with Crippen molar-refractivity contribution in [2.75, 3.05) is 19.8 Å². The van der Waals surface area contributed by atoms with Crippen LogP contribution in [0.4, 0.5) is 0 Å². The molecule has 5 nitrogen and oxygen atoms in total. The molecule has 2 rings (SSSR count). The molecular formula is C13H21NO4. The lowest BCUT2D eigenvalue weighted by atomic mass is 9.99. The minimum absolute atomic E-state index is 0.00556. The van der Waals surface area contributed by atoms with Gasteiger partial charge in [0.25, 0.3) is 0 Å². The highest BCUT2D eigenvalue weighted by Gasteiger charge is 2.31. The van der Waals surface area contributed by atoms with E-state index in [1.807, 2.05) is 0 Å². The summed E-state index contributed by atoms with van der Waals surface area (Å²) in [7, 11) is 0. The molecule has 0 spiro atoms. The largest absolute Gasteiger partial charge is 0.480 e. The third-order valence-electron chi connectivity index (χ3n) is 3.90. The maximum Gasteiger partial charge on any atom is 0.326 e. The minimum Gasteiger partial charge on any atom is -0.480 e. The number of hydrogen-bond acceptors (Lipinski definition) is 3. The average molecular weight is 255 g/mol. The molecule has 2 atom stereocenters. The van der Waals surface area contributed by atoms with E-state index in [1.54, 1.807) is 4.90 Å². The van der Waals surface area contributed by atoms with Gasteiger partial charge in [0.2, 0.25) is 5.91 Å². The van der Waals surface area contributed by atoms with E-state index in [-0.39, 0.29) is 5.91 Å². The molecule has 0 aromatic carbocycles. The first kappa shape index (κ1) is 13.3. The Morgan fingerprint density at radius 1 is 1.28 bits per heavy atom. The second-order valence-electron chi connectivity index (χ2n) is 5.21. The molecular weight excluding hydrogens is 234 g/mol. The first-order valence-electron chi connectivity index (χ1n) is 6.78. The maximum absolute atomic E-state index is 12.1. The Labute approximate surface area is 107 Å². The fourth-order valence-corrected chi connectivity index (χ4v) is 2.77. The number of piperidine rings is 1. The van der Waals surface area contributed by atoms with Gasteiger partial charge in [-0.15, -0.1) is 0 Å². The smallest absolute Gasteiger partial charge is 0.326 e. The molecule has 18 heavy (non-hydrogen) atoms. The van der Waals surface area contributed by atoms with Crippen LogP contribution in [-0.2, 0) is 14.3 Å². The monoisotopic (exact) mass is 255 g/mol. The van der Waals surface area contributed by atoms with Gasteiger partial charge >= 0.3 is 5.97 Å². The number of likely N-dealkylation sites (tertiary alicyclic amines) is 1. The predicted octanol–water partition coefficient (Wildman–Crippen LogP) is 1.27. The SMILES string of the molecule is O=C(O)[C@H]1CCCCN1C(=O)CCC1CCOC1. The summed E-state index contributed by atoms with van der Waals surface area (Å²) in [6.45, 7) is 2.13. The molecule has 2 fully saturated rings. The van der Waals surface area contributed by atoms with E-state index in [9.17, 15) is 9.59 Å². The first-order chi connectivity index (χ1) is 8.68. The average Bonchev–Trinajstić information content (AvgIpc) is 2.89. The highest BCUT2D eigenvalue weighted by atomic mass is 16.5. The molecule has 5 heteroatoms. The number of nitrogens with zero attached hydrogens (tertiary/aromatic N) is 1. The molecule has 1 N–H and O–H groups in total. The topological polar surface area (TPSA) is 66.8 Å². The van der Waals surface area contributed by atoms with E-state index in [2.05, 4.69) is 0 Å². The third-order valence-corrected chi connectivity index (χ3v) is 3.90. The fourth-order valence-electron chi connectivity index (χ4n) is 2.77. The van der Waals surface area contributed by atoms with Gasteiger partial charge in [-0.3, -0.25) is 4.79 Å². The molecule has 2 heterocycles. The zero-order chi connectivity index (χ0) is 13.0. The summed E-state index contributed by atoms with van der Waals surface area (Å²) in [4.78, 5) is 24.8. The van der Waals surface area contributed by atoms with Crippen LogP contribution in [0.5, 0.6) is 0 Å². The zero-order valence-corrected chi connectivity index (χ0v) is 10.6. The van der Waals surface area contributed by atoms with Crippen LogP contribution in [0, 0.1) is 5.92 Å². The second kappa shape index (κ2) is 6.18. The number of aliphatic carboxylic acids is 1. The quantitative estimate of drug-likeness (QED) is 0.821. The van der Waals surface area contributed by atoms with E-state index >= 15 is 0 Å². The molecule has 2 aliphatic heterocycles. The van der Waals surface area contributed by atoms with E-state index in [0.29, 0.717) is 25.3 Å². The van der Waals surface area contributed by atoms with Crippen LogP contribution in [0.3, 0.4) is 0 Å². The van der Waals surface area contributed by atoms with Crippen molar-refractivity contribution in [1.29, 1.82) is 0 Å². The van der Waals surface area contributed by atoms with Crippen molar-refractivity contribution in [3.8, 4) is 0 Å². The Morgan fingerprint density at radius 3 is 2.78 bits per heavy atom. The number of carboxylic acid groups (broad SMARTS) is 1. The molecule has 0 bridgehead atoms. The van der Waals surface area contributed by atoms with Gasteiger partial charge in [0.1, 0.15) is 6.04 Å². The van der Waals surface area contributed by atoms with Crippen LogP contribution < -0.4 is 0 Å². The zero-order valence-electron chi connectivity index (χ0n) is 10.6. The van der Waals surface area contributed by atoms with Gasteiger partial charge in [-0.25, -0.2) is 4.79 Å². The van der Waals surface area contributed by atoms with E-state index < -0.39 is 12.0 Å². The van der Waals surface area contributed by atoms with E-state index in [4.69, 9.17) is 9.84 Å². The van der Waals surface area contributed by atoms with Crippen molar-refractivity contribution in [3.63, 3.8) is 0 Å². The standard InChI is InChI=1S/C13H21NO4/c15-12(5-4-10-6-8-18-9-10)14-7-2-1-3-11(14)13(16)17/h10-11H,1-9H2,(H,16,17)/t10?,11-/m1/s1. The summed E-state index contributed by atoms with van der Waals surface area (Å²) in [5.74, 6) is -0.400. The Kier molecular flexibility index (Phi) is 4.58. The number of carbonyl (C=O) groups is 2. The van der Waals surface area contributed by atoms with Gasteiger partial charge in [0.15, 0.2) is 0 Å². The van der Waals surface area contributed by atoms with Gasteiger partial charge in [0.05, 0.1) is 0 Å². The molecule has 1 unspecified atom stereocenters. The predicted molar refractivity (Wildman–Crippen MR) is 65.1 cm³/mol. The lowest BCUT2D eigenvalue weighted by molar-refractivity contribution is -0.152. The Balaban J connectivity index is 1.83. The molecule has 2 saturated heterocycles. The summed E-state index contributed by atoms with van der Waals surface area (Å²) in [5.41, 5.74) is 0. The van der Waals surface area contributed by atoms with Crippen LogP contribution >= 0.6 is 0 Å². The van der Waals surface area contributed by atoms with Gasteiger partial charge in [-0.2, -0.15) is 0 Å². The van der Waals surface area contributed by atoms with Crippen molar-refractivity contribution < 1.29 is 19.4 Å². The molecule has 1 amide bonds. The van der Waals surface area contributed by atoms with Crippen molar-refractivity contribution in [1.82, 2.24) is 4.90 Å². The molecule has 0 aliphatic carbocycles. The van der Waals surface area contributed by atoms with Crippen molar-refractivity contribution in [3.05, 3.63) is 0 Å². The van der Waals surface area contributed by atoms with Gasteiger partial charge in [0, 0.05) is 26.2 Å². The highest BCUT2D eigenvalue weighted by Crippen LogP contribution is 2.22. The van der Waals surface area contributed by atoms with E-state index in [1.165, 1.54) is 0 Å². The lowest BCUT2D eigenvalue weighted by Crippen LogP contribution is -2.48. The highest BCUT2D eigenvalue weighted by molar-refractivity contribution is 5.83. The first-order valence-corrected chi connectivity index (χ1v) is 6.78. The van der Waals surface area contributed by atoms with Gasteiger partial charge in [-0.1, -0.05) is 0 Å². The normalized spacial score (nSPS) is 28.3. The van der Waals surface area contributed by atoms with Gasteiger partial charge < -0.3 is 14.7 Å². The summed E-state index contributed by atoms with van der Waals surface area (Å²) >= 11 is 0. The number of ether oxygens (including phenoxy) is 1. The third kappa shape index (κ3) is 3.22. The summed E-state index contributed by atoms with van der Waals surface area (Å²) in [5, 5.41) is 9.12. The molecule has 2 aliphatic rings. The van der Waals surface area contributed by atoms with Crippen molar-refractivity contribution in [2.45, 2.75) is 44.6 Å². The number of carboxylic acids is 1. The van der Waals surface area contributed by atoms with Crippen LogP contribution in [0.15, 0.2) is 0 Å². The lowest BCUT2D eigenvalue weighted by Gasteiger charge is -2.33. The van der Waals surface area contributed by atoms with Crippen LogP contribution in [0.1, 0.15) is 38.5 Å². The van der Waals surface area contributed by atoms with Gasteiger partial charge in [-0.05, 0) is 38.0 Å². The molecule has 0 aromatic heterocycles. The number of amides is 1. The Morgan fingerprint density at radius 2 is 2.11 bits per heavy atom. The molecule has 0 saturated carbocycles. The summed E-state index contributed by atoms with van der Waals surface area (Å²) in [6, 6.07) is -0.605. The fraction of sp³-hybridized carbons (Fsp3) is 0.846. The van der Waals surface area contributed by atoms with Crippen LogP contribution in [0.2, 0.25) is 0 Å². The molecule has 0 radical (unpaired) electrons. The van der Waals surface area contributed by atoms with Crippen molar-refractivity contribution >= 4 is 11.9 Å². The molecule has 0 aromatic rings. The van der Waals surface area contributed by atoms with Crippen LogP contribution in [0.25, 0.3) is 0 Å². The number of hydrogen-bond donors (Lipinski definition) is 1. The Hall–Kier alpha value is -1.10. The van der Waals surface area contributed by atoms with E-state index in [0.717, 1.165) is 38.9 Å². The number of carbonyl (C=O) groups excluding carboxylic acids is 1. The summed E-state index contributed by atoms with van der Waals surface area (Å²) < 4.78 is 5.28. The molecule has 102 valence electrons. The van der Waals surface area contributed by atoms with Crippen LogP contribution in [-0.4, -0.2) is 47.7 Å². The maximum atomic E-state index is 12.1. The summed E-state index contributed by atoms with van der Waals surface area (Å²) in [6.07, 6.45) is 4.71.